The molecule has 154 valence electrons. The van der Waals surface area contributed by atoms with Gasteiger partial charge >= 0.3 is 0 Å². The van der Waals surface area contributed by atoms with Crippen LogP contribution in [0.2, 0.25) is 0 Å². The van der Waals surface area contributed by atoms with Crippen LogP contribution < -0.4 is 5.32 Å². The van der Waals surface area contributed by atoms with Gasteiger partial charge in [-0.1, -0.05) is 18.2 Å². The van der Waals surface area contributed by atoms with Crippen LogP contribution in [0, 0.1) is 0 Å². The zero-order chi connectivity index (χ0) is 20.1. The molecule has 3 aromatic rings. The largest absolute Gasteiger partial charge is 0.371 e. The Bertz CT molecular complexity index is 1080. The summed E-state index contributed by atoms with van der Waals surface area (Å²) in [5.74, 6) is 0.0206. The molecule has 3 aliphatic heterocycles. The number of nitrogens with zero attached hydrogens (tertiary/aromatic N) is 4. The van der Waals surface area contributed by atoms with Crippen molar-refractivity contribution in [2.24, 2.45) is 0 Å². The normalized spacial score (nSPS) is 28.3. The van der Waals surface area contributed by atoms with Gasteiger partial charge < -0.3 is 15.0 Å². The van der Waals surface area contributed by atoms with Crippen LogP contribution in [0.3, 0.4) is 0 Å². The summed E-state index contributed by atoms with van der Waals surface area (Å²) in [6.07, 6.45) is 7.86. The van der Waals surface area contributed by atoms with Gasteiger partial charge in [-0.3, -0.25) is 9.36 Å². The molecule has 2 aromatic heterocycles. The number of fused-ring (bicyclic) bond motifs is 3. The lowest BCUT2D eigenvalue weighted by molar-refractivity contribution is -0.122. The molecule has 30 heavy (non-hydrogen) atoms. The first-order chi connectivity index (χ1) is 14.7. The Morgan fingerprint density at radius 3 is 2.73 bits per heavy atom. The minimum absolute atomic E-state index is 0.0206. The van der Waals surface area contributed by atoms with Crippen LogP contribution in [0.25, 0.3) is 16.9 Å². The van der Waals surface area contributed by atoms with Crippen molar-refractivity contribution in [3.8, 4) is 5.69 Å². The van der Waals surface area contributed by atoms with E-state index in [0.717, 1.165) is 29.7 Å². The molecule has 3 saturated heterocycles. The summed E-state index contributed by atoms with van der Waals surface area (Å²) in [6.45, 7) is 1.89. The Balaban J connectivity index is 1.26. The predicted molar refractivity (Wildman–Crippen MR) is 113 cm³/mol. The molecule has 2 bridgehead atoms. The maximum absolute atomic E-state index is 13.3. The number of hydrogen-bond acceptors (Lipinski definition) is 5. The minimum Gasteiger partial charge on any atom is -0.371 e. The highest BCUT2D eigenvalue weighted by Gasteiger charge is 2.47. The number of para-hydroxylation sites is 1. The molecule has 5 heterocycles. The fourth-order valence-electron chi connectivity index (χ4n) is 5.45. The molecular weight excluding hydrogens is 378 g/mol. The third-order valence-corrected chi connectivity index (χ3v) is 6.78. The summed E-state index contributed by atoms with van der Waals surface area (Å²) in [4.78, 5) is 24.3. The first-order valence-electron chi connectivity index (χ1n) is 10.8. The summed E-state index contributed by atoms with van der Waals surface area (Å²) >= 11 is 0. The van der Waals surface area contributed by atoms with Crippen LogP contribution in [0.5, 0.6) is 0 Å². The van der Waals surface area contributed by atoms with Crippen molar-refractivity contribution in [1.29, 1.82) is 0 Å². The molecule has 0 radical (unpaired) electrons. The molecule has 7 heteroatoms. The third kappa shape index (κ3) is 3.00. The summed E-state index contributed by atoms with van der Waals surface area (Å²) in [7, 11) is 0. The zero-order valence-electron chi connectivity index (χ0n) is 16.8. The van der Waals surface area contributed by atoms with Gasteiger partial charge in [0.1, 0.15) is 11.8 Å². The smallest absolute Gasteiger partial charge is 0.255 e. The predicted octanol–water partition coefficient (Wildman–Crippen LogP) is 2.55. The van der Waals surface area contributed by atoms with Gasteiger partial charge in [0.25, 0.3) is 5.91 Å². The molecule has 1 unspecified atom stereocenters. The summed E-state index contributed by atoms with van der Waals surface area (Å²) < 4.78 is 8.20. The Kier molecular flexibility index (Phi) is 4.14. The second-order valence-electron chi connectivity index (χ2n) is 8.82. The van der Waals surface area contributed by atoms with E-state index in [9.17, 15) is 4.79 Å². The van der Waals surface area contributed by atoms with E-state index in [4.69, 9.17) is 4.74 Å². The number of carbonyl (C=O) groups is 1. The number of nitrogens with one attached hydrogen (secondary N) is 1. The molecule has 3 aliphatic rings. The van der Waals surface area contributed by atoms with Gasteiger partial charge in [0.15, 0.2) is 5.65 Å². The monoisotopic (exact) mass is 403 g/mol. The van der Waals surface area contributed by atoms with Gasteiger partial charge in [-0.15, -0.1) is 0 Å². The first kappa shape index (κ1) is 18.0. The number of imidazole rings is 1. The zero-order valence-corrected chi connectivity index (χ0v) is 16.8. The minimum atomic E-state index is -0.197. The van der Waals surface area contributed by atoms with Crippen LogP contribution in [0.1, 0.15) is 36.0 Å². The van der Waals surface area contributed by atoms with Gasteiger partial charge in [0, 0.05) is 30.5 Å². The topological polar surface area (TPSA) is 72.3 Å². The van der Waals surface area contributed by atoms with Gasteiger partial charge in [-0.2, -0.15) is 0 Å². The molecule has 0 aliphatic carbocycles. The number of rotatable bonds is 2. The Morgan fingerprint density at radius 2 is 1.93 bits per heavy atom. The van der Waals surface area contributed by atoms with Crippen molar-refractivity contribution in [2.45, 2.75) is 43.4 Å². The summed E-state index contributed by atoms with van der Waals surface area (Å²) in [5.41, 5.74) is 2.88. The number of ether oxygens (including phenoxy) is 1. The Morgan fingerprint density at radius 1 is 1.13 bits per heavy atom. The fraction of sp³-hybridized carbons (Fsp3) is 0.435. The van der Waals surface area contributed by atoms with E-state index in [1.165, 1.54) is 12.8 Å². The number of amides is 1. The first-order valence-corrected chi connectivity index (χ1v) is 10.8. The maximum Gasteiger partial charge on any atom is 0.255 e. The fourth-order valence-corrected chi connectivity index (χ4v) is 5.45. The van der Waals surface area contributed by atoms with Gasteiger partial charge in [-0.05, 0) is 43.9 Å². The van der Waals surface area contributed by atoms with E-state index >= 15 is 0 Å². The second-order valence-corrected chi connectivity index (χ2v) is 8.82. The molecular formula is C23H25N5O2. The molecule has 3 atom stereocenters. The van der Waals surface area contributed by atoms with Crippen molar-refractivity contribution < 1.29 is 9.53 Å². The lowest BCUT2D eigenvalue weighted by Crippen LogP contribution is -2.60. The van der Waals surface area contributed by atoms with Crippen LogP contribution >= 0.6 is 0 Å². The standard InChI is InChI=1S/C23H25N5O2/c29-22(27-8-9-30-23(14-27)11-17-6-7-18(12-23)26-17)16-10-20-21(24-13-16)28(15-25-20)19-4-2-1-3-5-19/h1-5,10,13,15,17-18,26H,6-9,11-12,14H2/t17-,18+,23?. The summed E-state index contributed by atoms with van der Waals surface area (Å²) in [5, 5.41) is 3.67. The average Bonchev–Trinajstić information content (AvgIpc) is 3.36. The maximum atomic E-state index is 13.3. The molecule has 1 amide bonds. The van der Waals surface area contributed by atoms with Crippen molar-refractivity contribution in [2.75, 3.05) is 19.7 Å². The van der Waals surface area contributed by atoms with E-state index < -0.39 is 0 Å². The number of carbonyl (C=O) groups excluding carboxylic acids is 1. The molecule has 1 spiro atoms. The van der Waals surface area contributed by atoms with Crippen molar-refractivity contribution in [3.05, 3.63) is 54.5 Å². The number of pyridine rings is 1. The highest BCUT2D eigenvalue weighted by Crippen LogP contribution is 2.38. The Labute approximate surface area is 175 Å². The molecule has 1 aromatic carbocycles. The van der Waals surface area contributed by atoms with E-state index in [1.807, 2.05) is 45.9 Å². The highest BCUT2D eigenvalue weighted by atomic mass is 16.5. The van der Waals surface area contributed by atoms with Gasteiger partial charge in [0.05, 0.1) is 24.3 Å². The van der Waals surface area contributed by atoms with Gasteiger partial charge in [0.2, 0.25) is 0 Å². The van der Waals surface area contributed by atoms with E-state index in [0.29, 0.717) is 37.3 Å². The van der Waals surface area contributed by atoms with Crippen molar-refractivity contribution >= 4 is 17.1 Å². The van der Waals surface area contributed by atoms with Crippen LogP contribution in [0.4, 0.5) is 0 Å². The molecule has 0 saturated carbocycles. The lowest BCUT2D eigenvalue weighted by Gasteiger charge is -2.47. The van der Waals surface area contributed by atoms with Crippen molar-refractivity contribution in [1.82, 2.24) is 24.8 Å². The quantitative estimate of drug-likeness (QED) is 0.712. The number of aromatic nitrogens is 3. The second kappa shape index (κ2) is 6.89. The number of hydrogen-bond donors (Lipinski definition) is 1. The van der Waals surface area contributed by atoms with Crippen LogP contribution in [-0.2, 0) is 4.74 Å². The molecule has 1 N–H and O–H groups in total. The number of benzene rings is 1. The van der Waals surface area contributed by atoms with E-state index in [2.05, 4.69) is 15.3 Å². The lowest BCUT2D eigenvalue weighted by atomic mass is 9.85. The number of morpholine rings is 1. The highest BCUT2D eigenvalue weighted by molar-refractivity contribution is 5.96. The third-order valence-electron chi connectivity index (χ3n) is 6.78. The molecule has 3 fully saturated rings. The molecule has 7 nitrogen and oxygen atoms in total. The van der Waals surface area contributed by atoms with Crippen LogP contribution in [-0.4, -0.2) is 62.7 Å². The SMILES string of the molecule is O=C(c1cnc2c(c1)ncn2-c1ccccc1)N1CCOC2(C[C@H]3CC[C@@H](C2)N3)C1. The molecule has 6 rings (SSSR count). The van der Waals surface area contributed by atoms with E-state index in [1.54, 1.807) is 12.5 Å². The number of piperidine rings is 1. The van der Waals surface area contributed by atoms with E-state index in [-0.39, 0.29) is 11.5 Å². The van der Waals surface area contributed by atoms with Crippen LogP contribution in [0.15, 0.2) is 48.9 Å². The Hall–Kier alpha value is -2.77. The average molecular weight is 403 g/mol. The summed E-state index contributed by atoms with van der Waals surface area (Å²) in [6, 6.07) is 12.9. The van der Waals surface area contributed by atoms with Gasteiger partial charge in [-0.25, -0.2) is 9.97 Å². The van der Waals surface area contributed by atoms with Crippen molar-refractivity contribution in [3.63, 3.8) is 0 Å².